The van der Waals surface area contributed by atoms with Crippen molar-refractivity contribution in [2.75, 3.05) is 19.6 Å². The van der Waals surface area contributed by atoms with Crippen LogP contribution in [-0.4, -0.2) is 46.0 Å². The predicted octanol–water partition coefficient (Wildman–Crippen LogP) is 2.11. The topological polar surface area (TPSA) is 50.2 Å². The summed E-state index contributed by atoms with van der Waals surface area (Å²) in [6, 6.07) is 0.804. The number of aromatic nitrogens is 2. The van der Waals surface area contributed by atoms with Gasteiger partial charge >= 0.3 is 0 Å². The first kappa shape index (κ1) is 15.5. The van der Waals surface area contributed by atoms with Crippen LogP contribution in [-0.2, 0) is 7.05 Å². The van der Waals surface area contributed by atoms with Crippen LogP contribution in [0.2, 0.25) is 0 Å². The number of hydrogen-bond acceptors (Lipinski definition) is 3. The molecule has 0 unspecified atom stereocenters. The molecule has 3 rings (SSSR count). The summed E-state index contributed by atoms with van der Waals surface area (Å²) in [6.07, 6.45) is 9.72. The zero-order chi connectivity index (χ0) is 15.5. The number of nitrogens with one attached hydrogen (secondary N) is 1. The number of aryl methyl sites for hydroxylation is 2. The summed E-state index contributed by atoms with van der Waals surface area (Å²) < 4.78 is 1.80. The molecule has 1 saturated heterocycles. The molecule has 0 aromatic carbocycles. The van der Waals surface area contributed by atoms with Crippen molar-refractivity contribution in [2.24, 2.45) is 13.0 Å². The second-order valence-corrected chi connectivity index (χ2v) is 6.94. The first-order valence-corrected chi connectivity index (χ1v) is 8.65. The Kier molecular flexibility index (Phi) is 4.81. The molecule has 1 saturated carbocycles. The van der Waals surface area contributed by atoms with Crippen molar-refractivity contribution in [1.29, 1.82) is 0 Å². The lowest BCUT2D eigenvalue weighted by Crippen LogP contribution is -2.45. The maximum absolute atomic E-state index is 12.3. The first-order chi connectivity index (χ1) is 10.6. The fourth-order valence-corrected chi connectivity index (χ4v) is 4.06. The molecule has 1 aliphatic heterocycles. The highest BCUT2D eigenvalue weighted by atomic mass is 16.2. The molecule has 1 atom stereocenters. The lowest BCUT2D eigenvalue weighted by Gasteiger charge is -2.36. The summed E-state index contributed by atoms with van der Waals surface area (Å²) >= 11 is 0. The smallest absolute Gasteiger partial charge is 0.269 e. The predicted molar refractivity (Wildman–Crippen MR) is 86.8 cm³/mol. The number of amides is 1. The molecule has 1 amide bonds. The van der Waals surface area contributed by atoms with E-state index in [9.17, 15) is 4.79 Å². The zero-order valence-electron chi connectivity index (χ0n) is 13.8. The van der Waals surface area contributed by atoms with Crippen molar-refractivity contribution < 1.29 is 4.79 Å². The van der Waals surface area contributed by atoms with Gasteiger partial charge in [0.1, 0.15) is 5.69 Å². The van der Waals surface area contributed by atoms with E-state index in [0.29, 0.717) is 11.6 Å². The van der Waals surface area contributed by atoms with Crippen LogP contribution >= 0.6 is 0 Å². The maximum atomic E-state index is 12.3. The van der Waals surface area contributed by atoms with Crippen LogP contribution in [0.3, 0.4) is 0 Å². The molecule has 2 aliphatic rings. The zero-order valence-corrected chi connectivity index (χ0v) is 13.8. The monoisotopic (exact) mass is 304 g/mol. The molecule has 1 N–H and O–H groups in total. The van der Waals surface area contributed by atoms with Gasteiger partial charge in [0.05, 0.1) is 12.0 Å². The molecule has 0 radical (unpaired) electrons. The highest BCUT2D eigenvalue weighted by Crippen LogP contribution is 2.27. The van der Waals surface area contributed by atoms with Gasteiger partial charge in [0.15, 0.2) is 0 Å². The van der Waals surface area contributed by atoms with Gasteiger partial charge in [-0.05, 0) is 45.1 Å². The first-order valence-electron chi connectivity index (χ1n) is 8.65. The lowest BCUT2D eigenvalue weighted by atomic mass is 9.96. The van der Waals surface area contributed by atoms with Crippen molar-refractivity contribution >= 4 is 5.91 Å². The quantitative estimate of drug-likeness (QED) is 0.927. The van der Waals surface area contributed by atoms with Gasteiger partial charge in [-0.25, -0.2) is 4.98 Å². The average Bonchev–Trinajstić information content (AvgIpc) is 3.16. The van der Waals surface area contributed by atoms with Crippen LogP contribution in [0.4, 0.5) is 0 Å². The van der Waals surface area contributed by atoms with Gasteiger partial charge in [-0.15, -0.1) is 0 Å². The van der Waals surface area contributed by atoms with Crippen molar-refractivity contribution in [3.05, 3.63) is 17.7 Å². The summed E-state index contributed by atoms with van der Waals surface area (Å²) in [7, 11) is 1.87. The highest BCUT2D eigenvalue weighted by Gasteiger charge is 2.28. The Morgan fingerprint density at radius 1 is 1.32 bits per heavy atom. The van der Waals surface area contributed by atoms with E-state index < -0.39 is 0 Å². The van der Waals surface area contributed by atoms with Crippen LogP contribution in [0, 0.1) is 12.8 Å². The molecule has 122 valence electrons. The molecule has 22 heavy (non-hydrogen) atoms. The average molecular weight is 304 g/mol. The van der Waals surface area contributed by atoms with E-state index in [1.54, 1.807) is 10.9 Å². The number of piperidine rings is 1. The highest BCUT2D eigenvalue weighted by molar-refractivity contribution is 5.93. The third kappa shape index (κ3) is 3.35. The van der Waals surface area contributed by atoms with Gasteiger partial charge < -0.3 is 14.8 Å². The van der Waals surface area contributed by atoms with Gasteiger partial charge in [-0.3, -0.25) is 4.79 Å². The molecule has 5 nitrogen and oxygen atoms in total. The van der Waals surface area contributed by atoms with Crippen LogP contribution in [0.25, 0.3) is 0 Å². The minimum absolute atomic E-state index is 0.00971. The lowest BCUT2D eigenvalue weighted by molar-refractivity contribution is 0.0905. The SMILES string of the molecule is Cc1ncn(C)c1C(=O)NC[C@@H]1CCCN(C2CCCC2)C1. The number of rotatable bonds is 4. The maximum Gasteiger partial charge on any atom is 0.269 e. The molecule has 1 aliphatic carbocycles. The van der Waals surface area contributed by atoms with E-state index in [4.69, 9.17) is 0 Å². The van der Waals surface area contributed by atoms with E-state index in [0.717, 1.165) is 24.8 Å². The summed E-state index contributed by atoms with van der Waals surface area (Å²) in [5.41, 5.74) is 1.49. The summed E-state index contributed by atoms with van der Waals surface area (Å²) in [4.78, 5) is 19.2. The Morgan fingerprint density at radius 3 is 2.77 bits per heavy atom. The second kappa shape index (κ2) is 6.82. The van der Waals surface area contributed by atoms with E-state index in [-0.39, 0.29) is 5.91 Å². The number of carbonyl (C=O) groups is 1. The van der Waals surface area contributed by atoms with Gasteiger partial charge in [-0.2, -0.15) is 0 Å². The molecule has 5 heteroatoms. The molecule has 0 spiro atoms. The Hall–Kier alpha value is -1.36. The molecule has 0 bridgehead atoms. The van der Waals surface area contributed by atoms with Crippen LogP contribution in [0.15, 0.2) is 6.33 Å². The molecule has 2 heterocycles. The van der Waals surface area contributed by atoms with E-state index in [1.807, 2.05) is 14.0 Å². The van der Waals surface area contributed by atoms with Gasteiger partial charge in [0.25, 0.3) is 5.91 Å². The number of hydrogen-bond donors (Lipinski definition) is 1. The number of nitrogens with zero attached hydrogens (tertiary/aromatic N) is 3. The van der Waals surface area contributed by atoms with Crippen molar-refractivity contribution in [2.45, 2.75) is 51.5 Å². The number of carbonyl (C=O) groups excluding carboxylic acids is 1. The van der Waals surface area contributed by atoms with E-state index in [2.05, 4.69) is 15.2 Å². The van der Waals surface area contributed by atoms with Gasteiger partial charge in [0, 0.05) is 26.2 Å². The Morgan fingerprint density at radius 2 is 2.09 bits per heavy atom. The van der Waals surface area contributed by atoms with Crippen LogP contribution in [0.5, 0.6) is 0 Å². The Labute approximate surface area is 133 Å². The fraction of sp³-hybridized carbons (Fsp3) is 0.765. The molecule has 1 aromatic heterocycles. The fourth-order valence-electron chi connectivity index (χ4n) is 4.06. The Balaban J connectivity index is 1.51. The van der Waals surface area contributed by atoms with Crippen molar-refractivity contribution in [3.8, 4) is 0 Å². The third-order valence-corrected chi connectivity index (χ3v) is 5.28. The van der Waals surface area contributed by atoms with Crippen molar-refractivity contribution in [1.82, 2.24) is 19.8 Å². The minimum atomic E-state index is 0.00971. The van der Waals surface area contributed by atoms with Gasteiger partial charge in [-0.1, -0.05) is 12.8 Å². The molecule has 2 fully saturated rings. The largest absolute Gasteiger partial charge is 0.350 e. The molecular formula is C17H28N4O. The number of imidazole rings is 1. The molecule has 1 aromatic rings. The normalized spacial score (nSPS) is 23.8. The summed E-state index contributed by atoms with van der Waals surface area (Å²) in [5, 5.41) is 3.12. The minimum Gasteiger partial charge on any atom is -0.350 e. The Bertz CT molecular complexity index is 499. The molecular weight excluding hydrogens is 276 g/mol. The summed E-state index contributed by atoms with van der Waals surface area (Å²) in [6.45, 7) is 5.06. The van der Waals surface area contributed by atoms with Crippen LogP contribution in [0.1, 0.15) is 54.7 Å². The van der Waals surface area contributed by atoms with Crippen molar-refractivity contribution in [3.63, 3.8) is 0 Å². The number of likely N-dealkylation sites (tertiary alicyclic amines) is 1. The van der Waals surface area contributed by atoms with E-state index in [1.165, 1.54) is 45.1 Å². The second-order valence-electron chi connectivity index (χ2n) is 6.94. The standard InChI is InChI=1S/C17H28N4O/c1-13-16(20(2)12-19-13)17(22)18-10-14-6-5-9-21(11-14)15-7-3-4-8-15/h12,14-15H,3-11H2,1-2H3,(H,18,22)/t14-/m0/s1. The van der Waals surface area contributed by atoms with Crippen LogP contribution < -0.4 is 5.32 Å². The van der Waals surface area contributed by atoms with Gasteiger partial charge in [0.2, 0.25) is 0 Å². The third-order valence-electron chi connectivity index (χ3n) is 5.28. The van der Waals surface area contributed by atoms with E-state index >= 15 is 0 Å². The summed E-state index contributed by atoms with van der Waals surface area (Å²) in [5.74, 6) is 0.599.